The number of halogens is 1. The van der Waals surface area contributed by atoms with Crippen molar-refractivity contribution in [2.75, 3.05) is 7.05 Å². The largest absolute Gasteiger partial charge is 0.354 e. The van der Waals surface area contributed by atoms with E-state index in [2.05, 4.69) is 25.2 Å². The second kappa shape index (κ2) is 5.32. The van der Waals surface area contributed by atoms with Crippen molar-refractivity contribution in [3.63, 3.8) is 0 Å². The van der Waals surface area contributed by atoms with Crippen molar-refractivity contribution in [3.05, 3.63) is 29.0 Å². The van der Waals surface area contributed by atoms with Crippen LogP contribution in [0.3, 0.4) is 0 Å². The van der Waals surface area contributed by atoms with Crippen LogP contribution in [0.25, 0.3) is 11.0 Å². The lowest BCUT2D eigenvalue weighted by molar-refractivity contribution is 0.735. The molecule has 0 radical (unpaired) electrons. The molecule has 0 saturated heterocycles. The molecular weight excluding hydrogens is 274 g/mol. The van der Waals surface area contributed by atoms with Gasteiger partial charge in [-0.15, -0.1) is 0 Å². The van der Waals surface area contributed by atoms with Gasteiger partial charge >= 0.3 is 0 Å². The van der Waals surface area contributed by atoms with Gasteiger partial charge in [0.25, 0.3) is 0 Å². The summed E-state index contributed by atoms with van der Waals surface area (Å²) in [6, 6.07) is 6.35. The van der Waals surface area contributed by atoms with Crippen LogP contribution in [0.15, 0.2) is 23.2 Å². The molecule has 1 fully saturated rings. The summed E-state index contributed by atoms with van der Waals surface area (Å²) in [5.74, 6) is 1.79. The molecule has 2 aromatic rings. The Balaban J connectivity index is 1.74. The molecule has 0 bridgehead atoms. The highest BCUT2D eigenvalue weighted by molar-refractivity contribution is 6.31. The number of fused-ring (bicyclic) bond motifs is 1. The van der Waals surface area contributed by atoms with E-state index >= 15 is 0 Å². The Morgan fingerprint density at radius 1 is 1.50 bits per heavy atom. The highest BCUT2D eigenvalue weighted by Crippen LogP contribution is 2.20. The number of hydrogen-bond donors (Lipinski definition) is 2. The van der Waals surface area contributed by atoms with Gasteiger partial charge in [-0.3, -0.25) is 4.99 Å². The molecule has 0 spiro atoms. The summed E-state index contributed by atoms with van der Waals surface area (Å²) in [5, 5.41) is 7.36. The first-order valence-electron chi connectivity index (χ1n) is 6.75. The van der Waals surface area contributed by atoms with Crippen LogP contribution in [0.1, 0.15) is 18.7 Å². The summed E-state index contributed by atoms with van der Waals surface area (Å²) in [4.78, 5) is 8.82. The first kappa shape index (κ1) is 13.2. The third kappa shape index (κ3) is 2.72. The monoisotopic (exact) mass is 291 g/mol. The van der Waals surface area contributed by atoms with E-state index in [0.29, 0.717) is 17.6 Å². The number of guanidine groups is 1. The molecule has 0 unspecified atom stereocenters. The Morgan fingerprint density at radius 3 is 3.00 bits per heavy atom. The van der Waals surface area contributed by atoms with Crippen molar-refractivity contribution < 1.29 is 0 Å². The van der Waals surface area contributed by atoms with Crippen LogP contribution in [0.5, 0.6) is 0 Å². The van der Waals surface area contributed by atoms with E-state index in [1.807, 2.05) is 25.2 Å². The average Bonchev–Trinajstić information content (AvgIpc) is 3.20. The Hall–Kier alpha value is -1.75. The first-order chi connectivity index (χ1) is 9.67. The molecule has 1 aliphatic carbocycles. The minimum absolute atomic E-state index is 0.584. The molecular formula is C14H18ClN5. The highest BCUT2D eigenvalue weighted by atomic mass is 35.5. The Labute approximate surface area is 123 Å². The molecule has 1 aromatic carbocycles. The van der Waals surface area contributed by atoms with Gasteiger partial charge in [0.15, 0.2) is 5.96 Å². The molecule has 1 aliphatic rings. The van der Waals surface area contributed by atoms with Crippen molar-refractivity contribution in [3.8, 4) is 0 Å². The third-order valence-corrected chi connectivity index (χ3v) is 3.73. The first-order valence-corrected chi connectivity index (χ1v) is 7.13. The topological polar surface area (TPSA) is 54.2 Å². The number of benzene rings is 1. The smallest absolute Gasteiger partial charge is 0.191 e. The number of imidazole rings is 1. The van der Waals surface area contributed by atoms with Crippen LogP contribution in [-0.4, -0.2) is 28.6 Å². The quantitative estimate of drug-likeness (QED) is 0.672. The summed E-state index contributed by atoms with van der Waals surface area (Å²) in [6.45, 7) is 0.634. The van der Waals surface area contributed by atoms with Gasteiger partial charge in [0, 0.05) is 25.2 Å². The maximum atomic E-state index is 6.00. The maximum Gasteiger partial charge on any atom is 0.191 e. The fourth-order valence-electron chi connectivity index (χ4n) is 2.16. The number of nitrogens with zero attached hydrogens (tertiary/aromatic N) is 3. The zero-order valence-corrected chi connectivity index (χ0v) is 12.4. The lowest BCUT2D eigenvalue weighted by Crippen LogP contribution is -2.38. The number of aliphatic imine (C=N–C) groups is 1. The van der Waals surface area contributed by atoms with Crippen LogP contribution in [0, 0.1) is 0 Å². The predicted octanol–water partition coefficient (Wildman–Crippen LogP) is 2.05. The molecule has 1 heterocycles. The predicted molar refractivity (Wildman–Crippen MR) is 82.1 cm³/mol. The molecule has 3 rings (SSSR count). The lowest BCUT2D eigenvalue weighted by atomic mass is 10.3. The van der Waals surface area contributed by atoms with Gasteiger partial charge in [-0.25, -0.2) is 4.98 Å². The number of hydrogen-bond acceptors (Lipinski definition) is 2. The van der Waals surface area contributed by atoms with Crippen molar-refractivity contribution in [1.82, 2.24) is 20.2 Å². The summed E-state index contributed by atoms with van der Waals surface area (Å²) >= 11 is 6.00. The highest BCUT2D eigenvalue weighted by Gasteiger charge is 2.22. The van der Waals surface area contributed by atoms with E-state index < -0.39 is 0 Å². The zero-order valence-electron chi connectivity index (χ0n) is 11.7. The van der Waals surface area contributed by atoms with Crippen molar-refractivity contribution in [2.45, 2.75) is 25.4 Å². The molecule has 2 N–H and O–H groups in total. The van der Waals surface area contributed by atoms with Crippen LogP contribution in [0.4, 0.5) is 0 Å². The third-order valence-electron chi connectivity index (χ3n) is 3.49. The van der Waals surface area contributed by atoms with Crippen LogP contribution < -0.4 is 10.6 Å². The molecule has 106 valence electrons. The molecule has 5 nitrogen and oxygen atoms in total. The van der Waals surface area contributed by atoms with E-state index in [1.54, 1.807) is 7.05 Å². The summed E-state index contributed by atoms with van der Waals surface area (Å²) in [6.07, 6.45) is 2.46. The molecule has 0 aliphatic heterocycles. The average molecular weight is 292 g/mol. The van der Waals surface area contributed by atoms with Gasteiger partial charge in [-0.05, 0) is 31.0 Å². The molecule has 1 aromatic heterocycles. The Kier molecular flexibility index (Phi) is 3.53. The SMILES string of the molecule is CN=C(NCc1nc2cc(Cl)ccc2n1C)NC1CC1. The van der Waals surface area contributed by atoms with E-state index in [4.69, 9.17) is 11.6 Å². The number of aromatic nitrogens is 2. The minimum atomic E-state index is 0.584. The number of nitrogens with one attached hydrogen (secondary N) is 2. The molecule has 6 heteroatoms. The Morgan fingerprint density at radius 2 is 2.30 bits per heavy atom. The van der Waals surface area contributed by atoms with Crippen LogP contribution >= 0.6 is 11.6 Å². The van der Waals surface area contributed by atoms with E-state index in [-0.39, 0.29) is 0 Å². The van der Waals surface area contributed by atoms with Gasteiger partial charge in [-0.1, -0.05) is 11.6 Å². The van der Waals surface area contributed by atoms with Crippen molar-refractivity contribution in [1.29, 1.82) is 0 Å². The molecule has 0 atom stereocenters. The molecule has 20 heavy (non-hydrogen) atoms. The summed E-state index contributed by atoms with van der Waals surface area (Å²) < 4.78 is 2.07. The second-order valence-electron chi connectivity index (χ2n) is 5.06. The van der Waals surface area contributed by atoms with Gasteiger partial charge in [0.05, 0.1) is 17.6 Å². The summed E-state index contributed by atoms with van der Waals surface area (Å²) in [5.41, 5.74) is 2.00. The zero-order chi connectivity index (χ0) is 14.1. The van der Waals surface area contributed by atoms with Gasteiger partial charge in [-0.2, -0.15) is 0 Å². The van der Waals surface area contributed by atoms with E-state index in [1.165, 1.54) is 12.8 Å². The summed E-state index contributed by atoms with van der Waals surface area (Å²) in [7, 11) is 3.80. The van der Waals surface area contributed by atoms with E-state index in [9.17, 15) is 0 Å². The lowest BCUT2D eigenvalue weighted by Gasteiger charge is -2.10. The fraction of sp³-hybridized carbons (Fsp3) is 0.429. The molecule has 1 saturated carbocycles. The van der Waals surface area contributed by atoms with Crippen LogP contribution in [0.2, 0.25) is 5.02 Å². The van der Waals surface area contributed by atoms with Gasteiger partial charge < -0.3 is 15.2 Å². The number of aryl methyl sites for hydroxylation is 1. The van der Waals surface area contributed by atoms with Crippen molar-refractivity contribution >= 4 is 28.6 Å². The van der Waals surface area contributed by atoms with Gasteiger partial charge in [0.1, 0.15) is 5.82 Å². The van der Waals surface area contributed by atoms with Gasteiger partial charge in [0.2, 0.25) is 0 Å². The van der Waals surface area contributed by atoms with Crippen LogP contribution in [-0.2, 0) is 13.6 Å². The maximum absolute atomic E-state index is 6.00. The fourth-order valence-corrected chi connectivity index (χ4v) is 2.33. The second-order valence-corrected chi connectivity index (χ2v) is 5.50. The van der Waals surface area contributed by atoms with E-state index in [0.717, 1.165) is 22.8 Å². The molecule has 0 amide bonds. The minimum Gasteiger partial charge on any atom is -0.354 e. The normalized spacial score (nSPS) is 15.7. The number of rotatable bonds is 3. The Bertz CT molecular complexity index is 657. The van der Waals surface area contributed by atoms with Crippen molar-refractivity contribution in [2.24, 2.45) is 12.0 Å². The standard InChI is InChI=1S/C14H18ClN5/c1-16-14(18-10-4-5-10)17-8-13-19-11-7-9(15)3-6-12(11)20(13)2/h3,6-7,10H,4-5,8H2,1-2H3,(H2,16,17,18).